The van der Waals surface area contributed by atoms with E-state index in [1.807, 2.05) is 35.2 Å². The number of benzene rings is 2. The van der Waals surface area contributed by atoms with Crippen molar-refractivity contribution in [1.29, 1.82) is 0 Å². The minimum Gasteiger partial charge on any atom is -0.336 e. The van der Waals surface area contributed by atoms with Crippen molar-refractivity contribution in [3.63, 3.8) is 0 Å². The normalized spacial score (nSPS) is 21.6. The summed E-state index contributed by atoms with van der Waals surface area (Å²) in [7, 11) is -2.91. The van der Waals surface area contributed by atoms with E-state index in [1.54, 1.807) is 12.1 Å². The Morgan fingerprint density at radius 1 is 1.03 bits per heavy atom. The highest BCUT2D eigenvalue weighted by molar-refractivity contribution is 7.98. The first-order chi connectivity index (χ1) is 14.4. The van der Waals surface area contributed by atoms with Gasteiger partial charge in [-0.15, -0.1) is 11.8 Å². The van der Waals surface area contributed by atoms with Crippen LogP contribution in [0.2, 0.25) is 0 Å². The lowest BCUT2D eigenvalue weighted by Crippen LogP contribution is -2.52. The number of amides is 1. The number of carbonyl (C=O) groups is 1. The van der Waals surface area contributed by atoms with Crippen LogP contribution >= 0.6 is 11.8 Å². The molecule has 8 heteroatoms. The van der Waals surface area contributed by atoms with Gasteiger partial charge in [-0.25, -0.2) is 12.8 Å². The summed E-state index contributed by atoms with van der Waals surface area (Å²) in [5.74, 6) is 0.699. The highest BCUT2D eigenvalue weighted by Gasteiger charge is 2.34. The molecule has 160 valence electrons. The Hall–Kier alpha value is -1.90. The molecule has 5 nitrogen and oxygen atoms in total. The maximum atomic E-state index is 13.9. The van der Waals surface area contributed by atoms with E-state index >= 15 is 0 Å². The van der Waals surface area contributed by atoms with Gasteiger partial charge in [-0.05, 0) is 30.2 Å². The second kappa shape index (κ2) is 9.08. The fourth-order valence-corrected chi connectivity index (χ4v) is 6.86. The molecule has 0 N–H and O–H groups in total. The Morgan fingerprint density at radius 2 is 1.73 bits per heavy atom. The zero-order chi connectivity index (χ0) is 21.1. The number of carbonyl (C=O) groups excluding carboxylic acids is 1. The predicted molar refractivity (Wildman–Crippen MR) is 117 cm³/mol. The number of hydrogen-bond acceptors (Lipinski definition) is 5. The quantitative estimate of drug-likeness (QED) is 0.658. The van der Waals surface area contributed by atoms with E-state index in [0.717, 1.165) is 4.90 Å². The first kappa shape index (κ1) is 21.3. The number of thioether (sulfide) groups is 1. The molecule has 2 aliphatic heterocycles. The first-order valence-electron chi connectivity index (χ1n) is 10.1. The molecule has 1 amide bonds. The summed E-state index contributed by atoms with van der Waals surface area (Å²) in [5.41, 5.74) is 1.25. The highest BCUT2D eigenvalue weighted by atomic mass is 32.2. The van der Waals surface area contributed by atoms with E-state index in [2.05, 4.69) is 4.90 Å². The Bertz CT molecular complexity index is 1020. The molecular weight excluding hydrogens is 423 g/mol. The zero-order valence-corrected chi connectivity index (χ0v) is 18.3. The molecule has 2 heterocycles. The third kappa shape index (κ3) is 4.87. The largest absolute Gasteiger partial charge is 0.336 e. The molecule has 2 saturated heterocycles. The predicted octanol–water partition coefficient (Wildman–Crippen LogP) is 3.06. The molecule has 0 radical (unpaired) electrons. The molecule has 0 unspecified atom stereocenters. The Morgan fingerprint density at radius 3 is 2.43 bits per heavy atom. The van der Waals surface area contributed by atoms with Gasteiger partial charge in [0.2, 0.25) is 0 Å². The summed E-state index contributed by atoms with van der Waals surface area (Å²) in [6, 6.07) is 14.2. The van der Waals surface area contributed by atoms with E-state index in [9.17, 15) is 17.6 Å². The lowest BCUT2D eigenvalue weighted by molar-refractivity contribution is 0.0584. The molecule has 4 rings (SSSR count). The molecule has 2 aromatic rings. The molecule has 30 heavy (non-hydrogen) atoms. The number of halogens is 1. The SMILES string of the molecule is O=C(c1ccccc1SCc1ccccc1F)N1CCN([C@@H]2CCS(=O)(=O)C2)CC1. The lowest BCUT2D eigenvalue weighted by Gasteiger charge is -2.37. The van der Waals surface area contributed by atoms with E-state index < -0.39 is 9.84 Å². The molecule has 0 spiro atoms. The second-order valence-corrected chi connectivity index (χ2v) is 11.0. The molecular formula is C22H25FN2O3S2. The van der Waals surface area contributed by atoms with Gasteiger partial charge < -0.3 is 4.90 Å². The summed E-state index contributed by atoms with van der Waals surface area (Å²) in [6.45, 7) is 2.55. The van der Waals surface area contributed by atoms with Crippen LogP contribution in [0, 0.1) is 5.82 Å². The summed E-state index contributed by atoms with van der Waals surface area (Å²) in [5, 5.41) is 0. The summed E-state index contributed by atoms with van der Waals surface area (Å²) < 4.78 is 37.4. The summed E-state index contributed by atoms with van der Waals surface area (Å²) in [6.07, 6.45) is 0.686. The minimum absolute atomic E-state index is 0.0228. The van der Waals surface area contributed by atoms with Gasteiger partial charge in [-0.3, -0.25) is 9.69 Å². The van der Waals surface area contributed by atoms with Crippen LogP contribution in [0.15, 0.2) is 53.4 Å². The average molecular weight is 449 g/mol. The van der Waals surface area contributed by atoms with Crippen LogP contribution in [-0.2, 0) is 15.6 Å². The van der Waals surface area contributed by atoms with Crippen LogP contribution in [0.5, 0.6) is 0 Å². The molecule has 0 aromatic heterocycles. The third-order valence-corrected chi connectivity index (χ3v) is 8.66. The lowest BCUT2D eigenvalue weighted by atomic mass is 10.1. The average Bonchev–Trinajstić information content (AvgIpc) is 3.13. The molecule has 0 aliphatic carbocycles. The van der Waals surface area contributed by atoms with Crippen LogP contribution in [0.25, 0.3) is 0 Å². The number of piperazine rings is 1. The monoisotopic (exact) mass is 448 g/mol. The fraction of sp³-hybridized carbons (Fsp3) is 0.409. The van der Waals surface area contributed by atoms with Crippen molar-refractivity contribution in [3.05, 3.63) is 65.5 Å². The van der Waals surface area contributed by atoms with Crippen molar-refractivity contribution in [3.8, 4) is 0 Å². The van der Waals surface area contributed by atoms with Gasteiger partial charge in [0.25, 0.3) is 5.91 Å². The number of rotatable bonds is 5. The van der Waals surface area contributed by atoms with Gasteiger partial charge in [-0.1, -0.05) is 30.3 Å². The zero-order valence-electron chi connectivity index (χ0n) is 16.7. The Balaban J connectivity index is 1.39. The maximum absolute atomic E-state index is 13.9. The number of nitrogens with zero attached hydrogens (tertiary/aromatic N) is 2. The molecule has 2 aliphatic rings. The molecule has 2 fully saturated rings. The standard InChI is InChI=1S/C22H25FN2O3S2/c23-20-7-3-1-5-17(20)15-29-21-8-4-2-6-19(21)22(26)25-12-10-24(11-13-25)18-9-14-30(27,28)16-18/h1-8,18H,9-16H2/t18-/m1/s1. The Kier molecular flexibility index (Phi) is 6.46. The number of hydrogen-bond donors (Lipinski definition) is 0. The third-order valence-electron chi connectivity index (χ3n) is 5.78. The van der Waals surface area contributed by atoms with E-state index in [4.69, 9.17) is 0 Å². The van der Waals surface area contributed by atoms with E-state index in [1.165, 1.54) is 17.8 Å². The van der Waals surface area contributed by atoms with Gasteiger partial charge in [0.1, 0.15) is 5.82 Å². The summed E-state index contributed by atoms with van der Waals surface area (Å²) in [4.78, 5) is 18.0. The van der Waals surface area contributed by atoms with Gasteiger partial charge in [-0.2, -0.15) is 0 Å². The van der Waals surface area contributed by atoms with Crippen molar-refractivity contribution in [1.82, 2.24) is 9.80 Å². The molecule has 0 saturated carbocycles. The second-order valence-electron chi connectivity index (χ2n) is 7.76. The Labute approximate surface area is 181 Å². The van der Waals surface area contributed by atoms with Crippen LogP contribution in [-0.4, -0.2) is 67.9 Å². The van der Waals surface area contributed by atoms with Crippen LogP contribution < -0.4 is 0 Å². The van der Waals surface area contributed by atoms with E-state index in [-0.39, 0.29) is 29.3 Å². The molecule has 2 aromatic carbocycles. The van der Waals surface area contributed by atoms with Gasteiger partial charge in [0, 0.05) is 42.9 Å². The maximum Gasteiger partial charge on any atom is 0.255 e. The van der Waals surface area contributed by atoms with Crippen LogP contribution in [0.3, 0.4) is 0 Å². The van der Waals surface area contributed by atoms with Crippen molar-refractivity contribution in [2.24, 2.45) is 0 Å². The smallest absolute Gasteiger partial charge is 0.255 e. The number of sulfone groups is 1. The highest BCUT2D eigenvalue weighted by Crippen LogP contribution is 2.28. The van der Waals surface area contributed by atoms with Crippen molar-refractivity contribution in [2.75, 3.05) is 37.7 Å². The topological polar surface area (TPSA) is 57.7 Å². The van der Waals surface area contributed by atoms with Gasteiger partial charge in [0.05, 0.1) is 17.1 Å². The van der Waals surface area contributed by atoms with Crippen LogP contribution in [0.1, 0.15) is 22.3 Å². The van der Waals surface area contributed by atoms with Crippen molar-refractivity contribution < 1.29 is 17.6 Å². The van der Waals surface area contributed by atoms with E-state index in [0.29, 0.717) is 49.5 Å². The van der Waals surface area contributed by atoms with Gasteiger partial charge >= 0.3 is 0 Å². The fourth-order valence-electron chi connectivity index (χ4n) is 4.06. The van der Waals surface area contributed by atoms with Gasteiger partial charge in [0.15, 0.2) is 9.84 Å². The van der Waals surface area contributed by atoms with Crippen molar-refractivity contribution >= 4 is 27.5 Å². The first-order valence-corrected chi connectivity index (χ1v) is 12.9. The molecule has 1 atom stereocenters. The molecule has 0 bridgehead atoms. The minimum atomic E-state index is -2.91. The van der Waals surface area contributed by atoms with Crippen molar-refractivity contribution in [2.45, 2.75) is 23.1 Å². The summed E-state index contributed by atoms with van der Waals surface area (Å²) >= 11 is 1.46. The van der Waals surface area contributed by atoms with Crippen LogP contribution in [0.4, 0.5) is 4.39 Å².